The molecule has 0 saturated carbocycles. The molecular weight excluding hydrogens is 198 g/mol. The fourth-order valence-corrected chi connectivity index (χ4v) is 1.75. The number of ether oxygens (including phenoxy) is 1. The molecule has 0 aliphatic rings. The normalized spacial score (nSPS) is 10.3. The van der Waals surface area contributed by atoms with Crippen molar-refractivity contribution in [1.82, 2.24) is 4.98 Å². The van der Waals surface area contributed by atoms with Crippen molar-refractivity contribution in [3.8, 4) is 0 Å². The zero-order chi connectivity index (χ0) is 10.6. The first-order chi connectivity index (χ1) is 6.63. The van der Waals surface area contributed by atoms with E-state index in [4.69, 9.17) is 0 Å². The number of hydrogen-bond acceptors (Lipinski definition) is 4. The quantitative estimate of drug-likeness (QED) is 0.568. The van der Waals surface area contributed by atoms with Gasteiger partial charge < -0.3 is 4.74 Å². The van der Waals surface area contributed by atoms with Crippen molar-refractivity contribution >= 4 is 17.7 Å². The Bertz CT molecular complexity index is 308. The third-order valence-electron chi connectivity index (χ3n) is 1.50. The smallest absolute Gasteiger partial charge is 0.356 e. The van der Waals surface area contributed by atoms with Crippen LogP contribution >= 0.6 is 11.8 Å². The van der Waals surface area contributed by atoms with Gasteiger partial charge in [0.25, 0.3) is 0 Å². The summed E-state index contributed by atoms with van der Waals surface area (Å²) < 4.78 is 4.55. The van der Waals surface area contributed by atoms with Crippen LogP contribution in [0.25, 0.3) is 0 Å². The highest BCUT2D eigenvalue weighted by Gasteiger charge is 2.06. The third-order valence-corrected chi connectivity index (χ3v) is 2.49. The van der Waals surface area contributed by atoms with Crippen LogP contribution < -0.4 is 0 Å². The van der Waals surface area contributed by atoms with E-state index in [1.807, 2.05) is 6.07 Å². The second-order valence-electron chi connectivity index (χ2n) is 3.04. The molecule has 0 N–H and O–H groups in total. The van der Waals surface area contributed by atoms with Crippen molar-refractivity contribution in [2.24, 2.45) is 0 Å². The van der Waals surface area contributed by atoms with E-state index in [2.05, 4.69) is 23.6 Å². The van der Waals surface area contributed by atoms with Gasteiger partial charge in [0.2, 0.25) is 0 Å². The van der Waals surface area contributed by atoms with Gasteiger partial charge in [0.15, 0.2) is 0 Å². The summed E-state index contributed by atoms with van der Waals surface area (Å²) in [5.41, 5.74) is 0.348. The number of carbonyl (C=O) groups excluding carboxylic acids is 1. The van der Waals surface area contributed by atoms with Gasteiger partial charge in [-0.3, -0.25) is 0 Å². The molecular formula is C10H13NO2S. The van der Waals surface area contributed by atoms with Crippen LogP contribution in [0.4, 0.5) is 0 Å². The maximum atomic E-state index is 11.1. The van der Waals surface area contributed by atoms with E-state index in [1.165, 1.54) is 7.11 Å². The van der Waals surface area contributed by atoms with Gasteiger partial charge in [-0.15, -0.1) is 11.8 Å². The van der Waals surface area contributed by atoms with Crippen LogP contribution in [-0.4, -0.2) is 23.3 Å². The van der Waals surface area contributed by atoms with Gasteiger partial charge in [0.1, 0.15) is 5.69 Å². The van der Waals surface area contributed by atoms with Crippen molar-refractivity contribution in [3.63, 3.8) is 0 Å². The molecule has 1 rings (SSSR count). The molecule has 1 aromatic rings. The van der Waals surface area contributed by atoms with Crippen LogP contribution in [0.2, 0.25) is 0 Å². The fourth-order valence-electron chi connectivity index (χ4n) is 0.947. The lowest BCUT2D eigenvalue weighted by molar-refractivity contribution is 0.0594. The molecule has 0 atom stereocenters. The predicted molar refractivity (Wildman–Crippen MR) is 56.6 cm³/mol. The van der Waals surface area contributed by atoms with Crippen LogP contribution in [0, 0.1) is 0 Å². The number of thioether (sulfide) groups is 1. The molecule has 0 radical (unpaired) electrons. The minimum Gasteiger partial charge on any atom is -0.464 e. The second kappa shape index (κ2) is 5.00. The molecule has 0 aliphatic heterocycles. The lowest BCUT2D eigenvalue weighted by Gasteiger charge is -2.04. The van der Waals surface area contributed by atoms with Crippen LogP contribution in [-0.2, 0) is 4.74 Å². The molecule has 1 aromatic heterocycles. The van der Waals surface area contributed by atoms with Crippen molar-refractivity contribution in [1.29, 1.82) is 0 Å². The van der Waals surface area contributed by atoms with Gasteiger partial charge in [0.05, 0.1) is 7.11 Å². The van der Waals surface area contributed by atoms with Gasteiger partial charge in [-0.2, -0.15) is 0 Å². The van der Waals surface area contributed by atoms with E-state index in [0.29, 0.717) is 10.9 Å². The number of aromatic nitrogens is 1. The number of pyridine rings is 1. The van der Waals surface area contributed by atoms with Gasteiger partial charge in [-0.05, 0) is 12.1 Å². The van der Waals surface area contributed by atoms with Crippen molar-refractivity contribution in [2.75, 3.05) is 7.11 Å². The summed E-state index contributed by atoms with van der Waals surface area (Å²) in [4.78, 5) is 16.1. The van der Waals surface area contributed by atoms with Crippen molar-refractivity contribution in [3.05, 3.63) is 24.0 Å². The average molecular weight is 211 g/mol. The lowest BCUT2D eigenvalue weighted by Crippen LogP contribution is -2.03. The number of rotatable bonds is 3. The zero-order valence-corrected chi connectivity index (χ0v) is 9.30. The lowest BCUT2D eigenvalue weighted by atomic mass is 10.3. The summed E-state index contributed by atoms with van der Waals surface area (Å²) in [7, 11) is 1.35. The van der Waals surface area contributed by atoms with Crippen LogP contribution in [0.3, 0.4) is 0 Å². The van der Waals surface area contributed by atoms with E-state index >= 15 is 0 Å². The molecule has 0 unspecified atom stereocenters. The average Bonchev–Trinajstić information content (AvgIpc) is 2.17. The molecule has 76 valence electrons. The van der Waals surface area contributed by atoms with Gasteiger partial charge >= 0.3 is 5.97 Å². The number of esters is 1. The molecule has 14 heavy (non-hydrogen) atoms. The van der Waals surface area contributed by atoms with Crippen molar-refractivity contribution < 1.29 is 9.53 Å². The standard InChI is InChI=1S/C10H13NO2S/c1-7(2)14-8-4-5-9(11-6-8)10(12)13-3/h4-7H,1-3H3. The van der Waals surface area contributed by atoms with E-state index < -0.39 is 5.97 Å². The Hall–Kier alpha value is -1.03. The Morgan fingerprint density at radius 1 is 1.50 bits per heavy atom. The number of hydrogen-bond donors (Lipinski definition) is 0. The van der Waals surface area contributed by atoms with Crippen LogP contribution in [0.15, 0.2) is 23.2 Å². The first kappa shape index (κ1) is 11.0. The number of methoxy groups -OCH3 is 1. The molecule has 0 aliphatic carbocycles. The Morgan fingerprint density at radius 2 is 2.21 bits per heavy atom. The molecule has 0 aromatic carbocycles. The van der Waals surface area contributed by atoms with E-state index in [0.717, 1.165) is 4.90 Å². The minimum atomic E-state index is -0.397. The molecule has 0 spiro atoms. The minimum absolute atomic E-state index is 0.348. The topological polar surface area (TPSA) is 39.2 Å². The van der Waals surface area contributed by atoms with Gasteiger partial charge in [0, 0.05) is 16.3 Å². The van der Waals surface area contributed by atoms with E-state index in [1.54, 1.807) is 24.0 Å². The zero-order valence-electron chi connectivity index (χ0n) is 8.48. The summed E-state index contributed by atoms with van der Waals surface area (Å²) in [6.45, 7) is 4.22. The molecule has 0 amide bonds. The highest BCUT2D eigenvalue weighted by atomic mass is 32.2. The summed E-state index contributed by atoms with van der Waals surface area (Å²) in [5.74, 6) is -0.397. The van der Waals surface area contributed by atoms with E-state index in [-0.39, 0.29) is 0 Å². The highest BCUT2D eigenvalue weighted by molar-refractivity contribution is 7.99. The number of carbonyl (C=O) groups is 1. The Labute approximate surface area is 87.9 Å². The summed E-state index contributed by atoms with van der Waals surface area (Å²) in [6.07, 6.45) is 1.69. The number of nitrogens with zero attached hydrogens (tertiary/aromatic N) is 1. The largest absolute Gasteiger partial charge is 0.464 e. The van der Waals surface area contributed by atoms with Crippen LogP contribution in [0.1, 0.15) is 24.3 Å². The molecule has 4 heteroatoms. The first-order valence-electron chi connectivity index (χ1n) is 4.34. The first-order valence-corrected chi connectivity index (χ1v) is 5.22. The maximum absolute atomic E-state index is 11.1. The summed E-state index contributed by atoms with van der Waals surface area (Å²) in [6, 6.07) is 3.56. The van der Waals surface area contributed by atoms with Crippen LogP contribution in [0.5, 0.6) is 0 Å². The highest BCUT2D eigenvalue weighted by Crippen LogP contribution is 2.21. The van der Waals surface area contributed by atoms with E-state index in [9.17, 15) is 4.79 Å². The molecule has 0 bridgehead atoms. The summed E-state index contributed by atoms with van der Waals surface area (Å²) in [5, 5.41) is 0.515. The molecule has 3 nitrogen and oxygen atoms in total. The van der Waals surface area contributed by atoms with Gasteiger partial charge in [-0.1, -0.05) is 13.8 Å². The molecule has 0 fully saturated rings. The van der Waals surface area contributed by atoms with Crippen molar-refractivity contribution in [2.45, 2.75) is 24.0 Å². The monoisotopic (exact) mass is 211 g/mol. The maximum Gasteiger partial charge on any atom is 0.356 e. The summed E-state index contributed by atoms with van der Waals surface area (Å²) >= 11 is 1.71. The van der Waals surface area contributed by atoms with Gasteiger partial charge in [-0.25, -0.2) is 9.78 Å². The Balaban J connectivity index is 2.73. The molecule has 0 saturated heterocycles. The predicted octanol–water partition coefficient (Wildman–Crippen LogP) is 2.37. The Kier molecular flexibility index (Phi) is 3.95. The Morgan fingerprint density at radius 3 is 2.64 bits per heavy atom. The second-order valence-corrected chi connectivity index (χ2v) is 4.69. The molecule has 1 heterocycles. The SMILES string of the molecule is COC(=O)c1ccc(SC(C)C)cn1. The fraction of sp³-hybridized carbons (Fsp3) is 0.400. The third kappa shape index (κ3) is 3.03.